The number of hydrogen-bond donors (Lipinski definition) is 0. The number of nitriles is 1. The van der Waals surface area contributed by atoms with Crippen LogP contribution < -0.4 is 0 Å². The second kappa shape index (κ2) is 8.88. The molecular formula is C3H6IN. The molecule has 0 radical (unpaired) electrons. The first kappa shape index (κ1) is 8.97. The maximum absolute atomic E-state index is 7.62. The van der Waals surface area contributed by atoms with Crippen LogP contribution in [0.15, 0.2) is 0 Å². The van der Waals surface area contributed by atoms with Gasteiger partial charge in [-0.3, -0.25) is 0 Å². The van der Waals surface area contributed by atoms with Gasteiger partial charge in [0, 0.05) is 6.42 Å². The van der Waals surface area contributed by atoms with Gasteiger partial charge in [0.05, 0.1) is 6.07 Å². The van der Waals surface area contributed by atoms with Crippen molar-refractivity contribution in [1.82, 2.24) is 0 Å². The average Bonchev–Trinajstić information content (AvgIpc) is 1.37. The SMILES string of the molecule is CCC#N.I. The van der Waals surface area contributed by atoms with Gasteiger partial charge in [-0.15, -0.1) is 24.0 Å². The van der Waals surface area contributed by atoms with E-state index in [0.717, 1.165) is 0 Å². The van der Waals surface area contributed by atoms with Crippen molar-refractivity contribution < 1.29 is 0 Å². The molecule has 0 aliphatic rings. The maximum Gasteiger partial charge on any atom is 0.0618 e. The minimum Gasteiger partial charge on any atom is -0.198 e. The van der Waals surface area contributed by atoms with Crippen molar-refractivity contribution in [2.45, 2.75) is 13.3 Å². The van der Waals surface area contributed by atoms with Gasteiger partial charge in [-0.2, -0.15) is 5.26 Å². The van der Waals surface area contributed by atoms with E-state index in [4.69, 9.17) is 5.26 Å². The molecule has 1 nitrogen and oxygen atoms in total. The van der Waals surface area contributed by atoms with Crippen molar-refractivity contribution in [1.29, 1.82) is 5.26 Å². The molecule has 0 N–H and O–H groups in total. The minimum atomic E-state index is 0. The summed E-state index contributed by atoms with van der Waals surface area (Å²) in [6, 6.07) is 1.93. The molecule has 0 saturated carbocycles. The van der Waals surface area contributed by atoms with Crippen LogP contribution in [0.1, 0.15) is 13.3 Å². The lowest BCUT2D eigenvalue weighted by atomic mass is 10.6. The van der Waals surface area contributed by atoms with E-state index < -0.39 is 0 Å². The van der Waals surface area contributed by atoms with Crippen LogP contribution in [0.4, 0.5) is 0 Å². The molecule has 0 heterocycles. The van der Waals surface area contributed by atoms with E-state index in [1.165, 1.54) is 0 Å². The van der Waals surface area contributed by atoms with E-state index in [0.29, 0.717) is 6.42 Å². The first-order valence-corrected chi connectivity index (χ1v) is 1.28. The highest BCUT2D eigenvalue weighted by Crippen LogP contribution is 1.58. The normalized spacial score (nSPS) is 4.00. The summed E-state index contributed by atoms with van der Waals surface area (Å²) in [5, 5.41) is 7.62. The van der Waals surface area contributed by atoms with Crippen LogP contribution in [0.5, 0.6) is 0 Å². The third kappa shape index (κ3) is 14.0. The molecule has 0 spiro atoms. The fourth-order valence-electron chi connectivity index (χ4n) is 0. The predicted molar refractivity (Wildman–Crippen MR) is 31.3 cm³/mol. The summed E-state index contributed by atoms with van der Waals surface area (Å²) in [5.41, 5.74) is 0. The first-order chi connectivity index (χ1) is 1.91. The molecule has 0 atom stereocenters. The van der Waals surface area contributed by atoms with Gasteiger partial charge in [0.1, 0.15) is 0 Å². The maximum atomic E-state index is 7.62. The molecule has 30 valence electrons. The Bertz CT molecular complexity index is 36.6. The number of rotatable bonds is 0. The molecule has 0 saturated heterocycles. The van der Waals surface area contributed by atoms with Crippen molar-refractivity contribution in [3.05, 3.63) is 0 Å². The number of nitrogens with zero attached hydrogens (tertiary/aromatic N) is 1. The van der Waals surface area contributed by atoms with Gasteiger partial charge >= 0.3 is 0 Å². The van der Waals surface area contributed by atoms with Crippen LogP contribution >= 0.6 is 24.0 Å². The monoisotopic (exact) mass is 183 g/mol. The van der Waals surface area contributed by atoms with Crippen LogP contribution in [0.25, 0.3) is 0 Å². The Morgan fingerprint density at radius 3 is 2.00 bits per heavy atom. The lowest BCUT2D eigenvalue weighted by Gasteiger charge is -1.47. The molecule has 0 aromatic carbocycles. The smallest absolute Gasteiger partial charge is 0.0618 e. The molecule has 0 fully saturated rings. The van der Waals surface area contributed by atoms with Crippen molar-refractivity contribution in [2.75, 3.05) is 0 Å². The lowest BCUT2D eigenvalue weighted by Crippen LogP contribution is -1.38. The van der Waals surface area contributed by atoms with Crippen LogP contribution in [-0.4, -0.2) is 0 Å². The third-order valence-corrected chi connectivity index (χ3v) is 0.158. The number of hydrogen-bond acceptors (Lipinski definition) is 1. The molecule has 0 rings (SSSR count). The van der Waals surface area contributed by atoms with Gasteiger partial charge in [0.25, 0.3) is 0 Å². The standard InChI is InChI=1S/C3H5N.HI/c1-2-3-4;/h2H2,1H3;1H. The Balaban J connectivity index is 0. The average molecular weight is 183 g/mol. The van der Waals surface area contributed by atoms with Gasteiger partial charge in [-0.05, 0) is 0 Å². The van der Waals surface area contributed by atoms with Gasteiger partial charge in [0.2, 0.25) is 0 Å². The molecule has 2 heteroatoms. The van der Waals surface area contributed by atoms with Gasteiger partial charge < -0.3 is 0 Å². The summed E-state index contributed by atoms with van der Waals surface area (Å²) < 4.78 is 0. The summed E-state index contributed by atoms with van der Waals surface area (Å²) in [6.07, 6.45) is 0.625. The number of halogens is 1. The largest absolute Gasteiger partial charge is 0.198 e. The summed E-state index contributed by atoms with van der Waals surface area (Å²) in [6.45, 7) is 1.82. The molecule has 0 unspecified atom stereocenters. The fraction of sp³-hybridized carbons (Fsp3) is 0.667. The van der Waals surface area contributed by atoms with E-state index in [9.17, 15) is 0 Å². The minimum absolute atomic E-state index is 0. The van der Waals surface area contributed by atoms with E-state index in [1.807, 2.05) is 13.0 Å². The second-order valence-corrected chi connectivity index (χ2v) is 0.512. The summed E-state index contributed by atoms with van der Waals surface area (Å²) in [7, 11) is 0. The highest BCUT2D eigenvalue weighted by Gasteiger charge is 1.49. The summed E-state index contributed by atoms with van der Waals surface area (Å²) >= 11 is 0. The molecule has 0 bridgehead atoms. The Hall–Kier alpha value is 0.220. The predicted octanol–water partition coefficient (Wildman–Crippen LogP) is 1.54. The quantitative estimate of drug-likeness (QED) is 0.522. The Morgan fingerprint density at radius 2 is 2.00 bits per heavy atom. The second-order valence-electron chi connectivity index (χ2n) is 0.512. The summed E-state index contributed by atoms with van der Waals surface area (Å²) in [4.78, 5) is 0. The topological polar surface area (TPSA) is 23.8 Å². The van der Waals surface area contributed by atoms with Gasteiger partial charge in [-0.25, -0.2) is 0 Å². The highest BCUT2D eigenvalue weighted by molar-refractivity contribution is 14.0. The van der Waals surface area contributed by atoms with Crippen molar-refractivity contribution in [3.8, 4) is 6.07 Å². The zero-order valence-corrected chi connectivity index (χ0v) is 5.39. The van der Waals surface area contributed by atoms with Crippen LogP contribution in [0, 0.1) is 11.3 Å². The highest BCUT2D eigenvalue weighted by atomic mass is 127. The van der Waals surface area contributed by atoms with Crippen molar-refractivity contribution in [3.63, 3.8) is 0 Å². The summed E-state index contributed by atoms with van der Waals surface area (Å²) in [5.74, 6) is 0. The molecule has 5 heavy (non-hydrogen) atoms. The molecule has 0 amide bonds. The lowest BCUT2D eigenvalue weighted by molar-refractivity contribution is 1.22. The van der Waals surface area contributed by atoms with Gasteiger partial charge in [0.15, 0.2) is 0 Å². The zero-order chi connectivity index (χ0) is 3.41. The van der Waals surface area contributed by atoms with E-state index in [1.54, 1.807) is 0 Å². The van der Waals surface area contributed by atoms with Crippen molar-refractivity contribution in [2.24, 2.45) is 0 Å². The Kier molecular flexibility index (Phi) is 15.9. The zero-order valence-electron chi connectivity index (χ0n) is 3.06. The van der Waals surface area contributed by atoms with E-state index in [2.05, 4.69) is 0 Å². The van der Waals surface area contributed by atoms with Crippen molar-refractivity contribution >= 4 is 24.0 Å². The Labute approximate surface area is 49.0 Å². The molecular weight excluding hydrogens is 177 g/mol. The van der Waals surface area contributed by atoms with Crippen LogP contribution in [-0.2, 0) is 0 Å². The molecule has 0 aliphatic heterocycles. The molecule has 0 aliphatic carbocycles. The van der Waals surface area contributed by atoms with E-state index >= 15 is 0 Å². The van der Waals surface area contributed by atoms with Crippen LogP contribution in [0.2, 0.25) is 0 Å². The first-order valence-electron chi connectivity index (χ1n) is 1.28. The van der Waals surface area contributed by atoms with Gasteiger partial charge in [-0.1, -0.05) is 6.92 Å². The van der Waals surface area contributed by atoms with Crippen LogP contribution in [0.3, 0.4) is 0 Å². The fourth-order valence-corrected chi connectivity index (χ4v) is 0. The Morgan fingerprint density at radius 1 is 1.80 bits per heavy atom. The third-order valence-electron chi connectivity index (χ3n) is 0.158. The van der Waals surface area contributed by atoms with E-state index in [-0.39, 0.29) is 24.0 Å². The molecule has 0 aromatic heterocycles. The molecule has 0 aromatic rings.